The van der Waals surface area contributed by atoms with Crippen LogP contribution < -0.4 is 0 Å². The molecule has 4 atom stereocenters. The van der Waals surface area contributed by atoms with E-state index in [9.17, 15) is 14.7 Å². The predicted octanol–water partition coefficient (Wildman–Crippen LogP) is -0.0346. The molecule has 0 aliphatic carbocycles. The van der Waals surface area contributed by atoms with Gasteiger partial charge in [-0.1, -0.05) is 12.2 Å². The van der Waals surface area contributed by atoms with Gasteiger partial charge in [-0.25, -0.2) is 0 Å². The number of carbonyl (C=O) groups is 2. The SMILES string of the molecule is C[C@]12C=C[C@@]3(CN(CCCN4CCOCC4)C(=O)[C@@H]3[C@@H]1C(=O)O)O2. The summed E-state index contributed by atoms with van der Waals surface area (Å²) >= 11 is 0. The van der Waals surface area contributed by atoms with Crippen molar-refractivity contribution in [2.24, 2.45) is 11.8 Å². The molecule has 4 aliphatic rings. The van der Waals surface area contributed by atoms with Gasteiger partial charge < -0.3 is 19.5 Å². The van der Waals surface area contributed by atoms with Crippen molar-refractivity contribution in [1.29, 1.82) is 0 Å². The number of ether oxygens (including phenoxy) is 2. The van der Waals surface area contributed by atoms with Crippen LogP contribution >= 0.6 is 0 Å². The minimum Gasteiger partial charge on any atom is -0.481 e. The number of carboxylic acid groups (broad SMARTS) is 1. The van der Waals surface area contributed by atoms with Gasteiger partial charge in [-0.05, 0) is 13.3 Å². The van der Waals surface area contributed by atoms with Crippen LogP contribution in [0.1, 0.15) is 13.3 Å². The molecule has 4 rings (SSSR count). The molecular weight excluding hydrogens is 312 g/mol. The van der Waals surface area contributed by atoms with E-state index in [4.69, 9.17) is 9.47 Å². The summed E-state index contributed by atoms with van der Waals surface area (Å²) in [5, 5.41) is 9.59. The van der Waals surface area contributed by atoms with E-state index in [2.05, 4.69) is 4.90 Å². The number of fused-ring (bicyclic) bond motifs is 1. The molecule has 0 aromatic heterocycles. The molecule has 0 unspecified atom stereocenters. The van der Waals surface area contributed by atoms with E-state index >= 15 is 0 Å². The molecular formula is C17H24N2O5. The Kier molecular flexibility index (Phi) is 3.71. The van der Waals surface area contributed by atoms with Crippen molar-refractivity contribution in [3.05, 3.63) is 12.2 Å². The Hall–Kier alpha value is -1.44. The lowest BCUT2D eigenvalue weighted by molar-refractivity contribution is -0.150. The summed E-state index contributed by atoms with van der Waals surface area (Å²) in [6.07, 6.45) is 4.62. The zero-order valence-electron chi connectivity index (χ0n) is 13.9. The third kappa shape index (κ3) is 2.29. The minimum absolute atomic E-state index is 0.0718. The average Bonchev–Trinajstić information content (AvgIpc) is 3.11. The summed E-state index contributed by atoms with van der Waals surface area (Å²) in [5.74, 6) is -2.40. The van der Waals surface area contributed by atoms with Crippen molar-refractivity contribution in [3.8, 4) is 0 Å². The van der Waals surface area contributed by atoms with Crippen LogP contribution in [0.25, 0.3) is 0 Å². The first kappa shape index (κ1) is 16.1. The molecule has 132 valence electrons. The molecule has 2 bridgehead atoms. The third-order valence-corrected chi connectivity index (χ3v) is 5.87. The number of carboxylic acids is 1. The molecule has 7 heteroatoms. The number of morpholine rings is 1. The third-order valence-electron chi connectivity index (χ3n) is 5.87. The van der Waals surface area contributed by atoms with Crippen LogP contribution in [0.15, 0.2) is 12.2 Å². The molecule has 0 radical (unpaired) electrons. The highest BCUT2D eigenvalue weighted by Gasteiger charge is 2.71. The van der Waals surface area contributed by atoms with Crippen LogP contribution in [-0.4, -0.2) is 83.9 Å². The van der Waals surface area contributed by atoms with Gasteiger partial charge in [0.1, 0.15) is 11.5 Å². The standard InChI is InChI=1S/C17H24N2O5/c1-16-3-4-17(24-16)11-19(14(20)12(17)13(16)15(21)22)6-2-5-18-7-9-23-10-8-18/h3-4,12-13H,2,5-11H2,1H3,(H,21,22)/t12-,13+,16-,17-/m0/s1. The molecule has 4 heterocycles. The summed E-state index contributed by atoms with van der Waals surface area (Å²) in [5.41, 5.74) is -1.60. The maximum Gasteiger partial charge on any atom is 0.310 e. The van der Waals surface area contributed by atoms with E-state index in [0.29, 0.717) is 13.1 Å². The largest absolute Gasteiger partial charge is 0.481 e. The number of hydrogen-bond donors (Lipinski definition) is 1. The van der Waals surface area contributed by atoms with Crippen molar-refractivity contribution in [2.75, 3.05) is 45.9 Å². The predicted molar refractivity (Wildman–Crippen MR) is 84.4 cm³/mol. The molecule has 4 aliphatic heterocycles. The van der Waals surface area contributed by atoms with Gasteiger partial charge in [0.25, 0.3) is 0 Å². The fourth-order valence-electron chi connectivity index (χ4n) is 4.73. The quantitative estimate of drug-likeness (QED) is 0.710. The van der Waals surface area contributed by atoms with E-state index in [1.54, 1.807) is 11.8 Å². The van der Waals surface area contributed by atoms with Gasteiger partial charge in [-0.15, -0.1) is 0 Å². The summed E-state index contributed by atoms with van der Waals surface area (Å²) in [6, 6.07) is 0. The van der Waals surface area contributed by atoms with Crippen LogP contribution in [0.3, 0.4) is 0 Å². The Balaban J connectivity index is 1.41. The van der Waals surface area contributed by atoms with E-state index in [1.165, 1.54) is 0 Å². The van der Waals surface area contributed by atoms with E-state index in [1.807, 2.05) is 12.2 Å². The topological polar surface area (TPSA) is 79.3 Å². The highest BCUT2D eigenvalue weighted by molar-refractivity contribution is 5.91. The minimum atomic E-state index is -0.947. The first-order valence-electron chi connectivity index (χ1n) is 8.67. The van der Waals surface area contributed by atoms with Gasteiger partial charge in [0.15, 0.2) is 0 Å². The molecule has 1 amide bonds. The molecule has 3 saturated heterocycles. The lowest BCUT2D eigenvalue weighted by Gasteiger charge is -2.28. The number of nitrogens with zero attached hydrogens (tertiary/aromatic N) is 2. The van der Waals surface area contributed by atoms with Crippen LogP contribution in [-0.2, 0) is 19.1 Å². The first-order valence-corrected chi connectivity index (χ1v) is 8.67. The van der Waals surface area contributed by atoms with Gasteiger partial charge in [0, 0.05) is 26.2 Å². The summed E-state index contributed by atoms with van der Waals surface area (Å²) in [4.78, 5) is 28.7. The van der Waals surface area contributed by atoms with Gasteiger partial charge in [0.2, 0.25) is 5.91 Å². The maximum absolute atomic E-state index is 12.8. The highest BCUT2D eigenvalue weighted by atomic mass is 16.5. The van der Waals surface area contributed by atoms with Crippen molar-refractivity contribution < 1.29 is 24.2 Å². The second-order valence-electron chi connectivity index (χ2n) is 7.44. The molecule has 24 heavy (non-hydrogen) atoms. The molecule has 0 aromatic rings. The zero-order valence-corrected chi connectivity index (χ0v) is 13.9. The van der Waals surface area contributed by atoms with Crippen LogP contribution in [0.2, 0.25) is 0 Å². The summed E-state index contributed by atoms with van der Waals surface area (Å²) < 4.78 is 11.4. The Bertz CT molecular complexity index is 588. The molecule has 1 N–H and O–H groups in total. The molecule has 1 spiro atoms. The highest BCUT2D eigenvalue weighted by Crippen LogP contribution is 2.57. The number of amides is 1. The molecule has 7 nitrogen and oxygen atoms in total. The van der Waals surface area contributed by atoms with E-state index in [-0.39, 0.29) is 5.91 Å². The maximum atomic E-state index is 12.8. The van der Waals surface area contributed by atoms with E-state index < -0.39 is 29.0 Å². The summed E-state index contributed by atoms with van der Waals surface area (Å²) in [7, 11) is 0. The Labute approximate surface area is 141 Å². The van der Waals surface area contributed by atoms with Gasteiger partial charge >= 0.3 is 5.97 Å². The van der Waals surface area contributed by atoms with Gasteiger partial charge in [-0.3, -0.25) is 14.5 Å². The van der Waals surface area contributed by atoms with Crippen molar-refractivity contribution in [3.63, 3.8) is 0 Å². The van der Waals surface area contributed by atoms with Crippen molar-refractivity contribution >= 4 is 11.9 Å². The molecule has 0 aromatic carbocycles. The Morgan fingerprint density at radius 3 is 2.79 bits per heavy atom. The fourth-order valence-corrected chi connectivity index (χ4v) is 4.73. The fraction of sp³-hybridized carbons (Fsp3) is 0.765. The normalized spacial score (nSPS) is 41.2. The van der Waals surface area contributed by atoms with Crippen LogP contribution in [0.5, 0.6) is 0 Å². The van der Waals surface area contributed by atoms with Crippen LogP contribution in [0, 0.1) is 11.8 Å². The summed E-state index contributed by atoms with van der Waals surface area (Å²) in [6.45, 7) is 7.23. The zero-order chi connectivity index (χ0) is 16.9. The number of hydrogen-bond acceptors (Lipinski definition) is 5. The number of rotatable bonds is 5. The van der Waals surface area contributed by atoms with Gasteiger partial charge in [0.05, 0.1) is 31.3 Å². The smallest absolute Gasteiger partial charge is 0.310 e. The first-order chi connectivity index (χ1) is 11.5. The van der Waals surface area contributed by atoms with Crippen molar-refractivity contribution in [1.82, 2.24) is 9.80 Å². The number of carbonyl (C=O) groups excluding carboxylic acids is 1. The second-order valence-corrected chi connectivity index (χ2v) is 7.44. The molecule has 3 fully saturated rings. The number of aliphatic carboxylic acids is 1. The van der Waals surface area contributed by atoms with Crippen LogP contribution in [0.4, 0.5) is 0 Å². The Morgan fingerprint density at radius 1 is 1.33 bits per heavy atom. The van der Waals surface area contributed by atoms with Crippen molar-refractivity contribution in [2.45, 2.75) is 24.5 Å². The molecule has 0 saturated carbocycles. The number of likely N-dealkylation sites (tertiary alicyclic amines) is 1. The average molecular weight is 336 g/mol. The van der Waals surface area contributed by atoms with Gasteiger partial charge in [-0.2, -0.15) is 0 Å². The monoisotopic (exact) mass is 336 g/mol. The lowest BCUT2D eigenvalue weighted by Crippen LogP contribution is -2.43. The second kappa shape index (κ2) is 5.54. The van der Waals surface area contributed by atoms with E-state index in [0.717, 1.165) is 39.3 Å². The lowest BCUT2D eigenvalue weighted by atomic mass is 9.72. The Morgan fingerprint density at radius 2 is 2.08 bits per heavy atom.